The molecular formula is C18H17F2N3O4S. The number of nitrogens with zero attached hydrogens (tertiary/aromatic N) is 2. The molecule has 1 heterocycles. The summed E-state index contributed by atoms with van der Waals surface area (Å²) in [5.74, 6) is -2.51. The molecule has 3 rings (SSSR count). The first-order chi connectivity index (χ1) is 13.3. The number of amides is 3. The van der Waals surface area contributed by atoms with E-state index in [1.165, 1.54) is 24.3 Å². The Balaban J connectivity index is 2.14. The number of rotatable bonds is 5. The fourth-order valence-corrected chi connectivity index (χ4v) is 4.40. The van der Waals surface area contributed by atoms with Gasteiger partial charge in [0.25, 0.3) is 10.0 Å². The van der Waals surface area contributed by atoms with E-state index >= 15 is 0 Å². The van der Waals surface area contributed by atoms with Crippen LogP contribution in [0.3, 0.4) is 0 Å². The molecule has 28 heavy (non-hydrogen) atoms. The Labute approximate surface area is 160 Å². The molecule has 0 unspecified atom stereocenters. The summed E-state index contributed by atoms with van der Waals surface area (Å²) in [5.41, 5.74) is -0.759. The number of urea groups is 1. The molecule has 0 aromatic heterocycles. The zero-order chi connectivity index (χ0) is 20.5. The first kappa shape index (κ1) is 19.7. The molecule has 0 radical (unpaired) electrons. The molecule has 3 amide bonds. The molecule has 1 aliphatic heterocycles. The number of hydrogen-bond donors (Lipinski definition) is 1. The summed E-state index contributed by atoms with van der Waals surface area (Å²) in [6.45, 7) is 1.75. The van der Waals surface area contributed by atoms with Gasteiger partial charge in [0.2, 0.25) is 5.91 Å². The number of hydrogen-bond acceptors (Lipinski definition) is 4. The van der Waals surface area contributed by atoms with E-state index in [-0.39, 0.29) is 14.9 Å². The highest BCUT2D eigenvalue weighted by Gasteiger charge is 2.44. The lowest BCUT2D eigenvalue weighted by molar-refractivity contribution is -0.119. The van der Waals surface area contributed by atoms with Crippen molar-refractivity contribution in [3.05, 3.63) is 54.1 Å². The minimum absolute atomic E-state index is 0.00721. The second kappa shape index (κ2) is 7.55. The van der Waals surface area contributed by atoms with Gasteiger partial charge in [-0.3, -0.25) is 9.69 Å². The van der Waals surface area contributed by atoms with Crippen molar-refractivity contribution >= 4 is 33.3 Å². The highest BCUT2D eigenvalue weighted by atomic mass is 32.2. The van der Waals surface area contributed by atoms with Crippen LogP contribution in [0.1, 0.15) is 13.3 Å². The molecule has 0 fully saturated rings. The summed E-state index contributed by atoms with van der Waals surface area (Å²) in [6, 6.07) is 6.54. The highest BCUT2D eigenvalue weighted by molar-refractivity contribution is 7.94. The smallest absolute Gasteiger partial charge is 0.343 e. The van der Waals surface area contributed by atoms with Crippen LogP contribution in [0.15, 0.2) is 47.4 Å². The van der Waals surface area contributed by atoms with Crippen LogP contribution in [0.4, 0.5) is 25.0 Å². The van der Waals surface area contributed by atoms with E-state index in [1.54, 1.807) is 0 Å². The van der Waals surface area contributed by atoms with Crippen molar-refractivity contribution in [1.82, 2.24) is 5.32 Å². The first-order valence-corrected chi connectivity index (χ1v) is 9.89. The van der Waals surface area contributed by atoms with Crippen LogP contribution in [-0.4, -0.2) is 33.4 Å². The Bertz CT molecular complexity index is 1040. The summed E-state index contributed by atoms with van der Waals surface area (Å²) < 4.78 is 54.0. The maximum absolute atomic E-state index is 14.3. The van der Waals surface area contributed by atoms with Gasteiger partial charge in [-0.25, -0.2) is 22.0 Å². The number of carbonyl (C=O) groups is 2. The van der Waals surface area contributed by atoms with E-state index in [0.29, 0.717) is 19.0 Å². The van der Waals surface area contributed by atoms with Crippen LogP contribution in [0.2, 0.25) is 0 Å². The summed E-state index contributed by atoms with van der Waals surface area (Å²) in [5, 5.41) is 2.59. The third-order valence-electron chi connectivity index (χ3n) is 4.08. The van der Waals surface area contributed by atoms with Crippen molar-refractivity contribution in [2.75, 3.05) is 22.3 Å². The molecule has 7 nitrogen and oxygen atoms in total. The van der Waals surface area contributed by atoms with Crippen LogP contribution in [0.5, 0.6) is 0 Å². The molecule has 148 valence electrons. The average molecular weight is 409 g/mol. The molecular weight excluding hydrogens is 392 g/mol. The fraction of sp³-hybridized carbons (Fsp3) is 0.222. The number of sulfonamides is 1. The molecule has 10 heteroatoms. The molecule has 0 saturated heterocycles. The number of fused-ring (bicyclic) bond motifs is 1. The van der Waals surface area contributed by atoms with Crippen molar-refractivity contribution in [2.24, 2.45) is 0 Å². The zero-order valence-electron chi connectivity index (χ0n) is 14.9. The Kier molecular flexibility index (Phi) is 5.32. The second-order valence-corrected chi connectivity index (χ2v) is 7.81. The summed E-state index contributed by atoms with van der Waals surface area (Å²) in [4.78, 5) is 25.8. The van der Waals surface area contributed by atoms with Gasteiger partial charge in [-0.1, -0.05) is 19.1 Å². The van der Waals surface area contributed by atoms with Crippen LogP contribution >= 0.6 is 0 Å². The monoisotopic (exact) mass is 409 g/mol. The van der Waals surface area contributed by atoms with Crippen LogP contribution in [-0.2, 0) is 14.8 Å². The number of nitrogens with one attached hydrogen (secondary N) is 1. The average Bonchev–Trinajstić information content (AvgIpc) is 2.66. The zero-order valence-corrected chi connectivity index (χ0v) is 15.7. The number of carbonyl (C=O) groups excluding carboxylic acids is 2. The van der Waals surface area contributed by atoms with Crippen molar-refractivity contribution in [3.63, 3.8) is 0 Å². The Morgan fingerprint density at radius 3 is 2.54 bits per heavy atom. The number of anilines is 2. The molecule has 0 bridgehead atoms. The Morgan fingerprint density at radius 1 is 1.11 bits per heavy atom. The van der Waals surface area contributed by atoms with Gasteiger partial charge in [0, 0.05) is 12.6 Å². The van der Waals surface area contributed by atoms with E-state index in [4.69, 9.17) is 0 Å². The standard InChI is InChI=1S/C18H17F2N3O4S/c1-2-9-21-17(24)11-22-14-5-3-4-6-16(14)28(26,27)23(18(22)25)15-10-12(19)7-8-13(15)20/h3-8,10H,2,9,11H2,1H3,(H,21,24). The maximum atomic E-state index is 14.3. The van der Waals surface area contributed by atoms with E-state index < -0.39 is 45.8 Å². The minimum atomic E-state index is -4.51. The Hall–Kier alpha value is -3.01. The SMILES string of the molecule is CCCNC(=O)CN1C(=O)N(c2cc(F)ccc2F)S(=O)(=O)c2ccccc21. The van der Waals surface area contributed by atoms with E-state index in [1.807, 2.05) is 6.92 Å². The second-order valence-electron chi connectivity index (χ2n) is 6.05. The van der Waals surface area contributed by atoms with Gasteiger partial charge in [-0.05, 0) is 30.7 Å². The molecule has 1 aliphatic rings. The van der Waals surface area contributed by atoms with Crippen molar-refractivity contribution in [1.29, 1.82) is 0 Å². The van der Waals surface area contributed by atoms with Crippen molar-refractivity contribution in [3.8, 4) is 0 Å². The lowest BCUT2D eigenvalue weighted by atomic mass is 10.2. The predicted octanol–water partition coefficient (Wildman–Crippen LogP) is 2.63. The van der Waals surface area contributed by atoms with Crippen LogP contribution in [0.25, 0.3) is 0 Å². The van der Waals surface area contributed by atoms with E-state index in [2.05, 4.69) is 5.32 Å². The van der Waals surface area contributed by atoms with Gasteiger partial charge < -0.3 is 5.32 Å². The largest absolute Gasteiger partial charge is 0.355 e. The normalized spacial score (nSPS) is 15.3. The lowest BCUT2D eigenvalue weighted by Gasteiger charge is -2.35. The number of para-hydroxylation sites is 1. The third-order valence-corrected chi connectivity index (χ3v) is 5.81. The third kappa shape index (κ3) is 3.42. The lowest BCUT2D eigenvalue weighted by Crippen LogP contribution is -2.54. The molecule has 0 aliphatic carbocycles. The van der Waals surface area contributed by atoms with Crippen molar-refractivity contribution < 1.29 is 26.8 Å². The van der Waals surface area contributed by atoms with Gasteiger partial charge in [0.05, 0.1) is 5.69 Å². The van der Waals surface area contributed by atoms with Crippen LogP contribution < -0.4 is 14.5 Å². The molecule has 2 aromatic carbocycles. The number of halogens is 2. The fourth-order valence-electron chi connectivity index (χ4n) is 2.80. The van der Waals surface area contributed by atoms with Gasteiger partial charge in [-0.2, -0.15) is 4.31 Å². The number of benzene rings is 2. The van der Waals surface area contributed by atoms with Gasteiger partial charge in [0.15, 0.2) is 0 Å². The quantitative estimate of drug-likeness (QED) is 0.823. The predicted molar refractivity (Wildman–Crippen MR) is 98.5 cm³/mol. The topological polar surface area (TPSA) is 86.8 Å². The molecule has 0 spiro atoms. The minimum Gasteiger partial charge on any atom is -0.355 e. The van der Waals surface area contributed by atoms with Gasteiger partial charge in [-0.15, -0.1) is 0 Å². The van der Waals surface area contributed by atoms with E-state index in [0.717, 1.165) is 17.0 Å². The summed E-state index contributed by atoms with van der Waals surface area (Å²) in [6.07, 6.45) is 0.672. The summed E-state index contributed by atoms with van der Waals surface area (Å²) in [7, 11) is -4.51. The van der Waals surface area contributed by atoms with Gasteiger partial charge in [0.1, 0.15) is 28.8 Å². The van der Waals surface area contributed by atoms with Crippen LogP contribution in [0, 0.1) is 11.6 Å². The molecule has 1 N–H and O–H groups in total. The van der Waals surface area contributed by atoms with Gasteiger partial charge >= 0.3 is 6.03 Å². The Morgan fingerprint density at radius 2 is 1.82 bits per heavy atom. The molecule has 0 saturated carbocycles. The summed E-state index contributed by atoms with van der Waals surface area (Å²) >= 11 is 0. The molecule has 2 aromatic rings. The highest BCUT2D eigenvalue weighted by Crippen LogP contribution is 2.38. The first-order valence-electron chi connectivity index (χ1n) is 8.45. The molecule has 0 atom stereocenters. The van der Waals surface area contributed by atoms with Crippen molar-refractivity contribution in [2.45, 2.75) is 18.2 Å². The maximum Gasteiger partial charge on any atom is 0.343 e. The van der Waals surface area contributed by atoms with E-state index in [9.17, 15) is 26.8 Å².